The summed E-state index contributed by atoms with van der Waals surface area (Å²) in [4.78, 5) is 8.47. The number of nitrogens with zero attached hydrogens (tertiary/aromatic N) is 3. The number of hydrogen-bond donors (Lipinski definition) is 1. The van der Waals surface area contributed by atoms with E-state index in [4.69, 9.17) is 4.52 Å². The first-order chi connectivity index (χ1) is 10.3. The first kappa shape index (κ1) is 13.5. The van der Waals surface area contributed by atoms with Gasteiger partial charge in [-0.25, -0.2) is 0 Å². The van der Waals surface area contributed by atoms with E-state index in [2.05, 4.69) is 33.4 Å². The Morgan fingerprint density at radius 2 is 1.86 bits per heavy atom. The molecule has 0 aliphatic heterocycles. The minimum Gasteiger partial charge on any atom is -0.338 e. The maximum Gasteiger partial charge on any atom is 0.240 e. The van der Waals surface area contributed by atoms with Gasteiger partial charge < -0.3 is 9.84 Å². The Hall–Kier alpha value is -2.53. The van der Waals surface area contributed by atoms with Gasteiger partial charge in [0, 0.05) is 18.0 Å². The molecule has 0 aliphatic carbocycles. The average Bonchev–Trinajstić information content (AvgIpc) is 2.97. The zero-order valence-corrected chi connectivity index (χ0v) is 12.0. The molecule has 2 aromatic heterocycles. The molecule has 0 spiro atoms. The van der Waals surface area contributed by atoms with Gasteiger partial charge in [0.05, 0.1) is 6.54 Å². The Labute approximate surface area is 123 Å². The van der Waals surface area contributed by atoms with E-state index in [1.54, 1.807) is 12.4 Å². The van der Waals surface area contributed by atoms with E-state index in [1.807, 2.05) is 31.3 Å². The van der Waals surface area contributed by atoms with Gasteiger partial charge in [0.25, 0.3) is 0 Å². The summed E-state index contributed by atoms with van der Waals surface area (Å²) in [5, 5.41) is 7.06. The second-order valence-corrected chi connectivity index (χ2v) is 4.76. The fourth-order valence-corrected chi connectivity index (χ4v) is 2.31. The highest BCUT2D eigenvalue weighted by molar-refractivity contribution is 5.75. The van der Waals surface area contributed by atoms with Gasteiger partial charge in [-0.15, -0.1) is 0 Å². The number of aromatic nitrogens is 3. The van der Waals surface area contributed by atoms with Gasteiger partial charge in [-0.05, 0) is 42.8 Å². The van der Waals surface area contributed by atoms with Crippen molar-refractivity contribution in [2.24, 2.45) is 0 Å². The van der Waals surface area contributed by atoms with Crippen molar-refractivity contribution in [2.75, 3.05) is 7.05 Å². The molecule has 0 fully saturated rings. The molecule has 106 valence electrons. The number of rotatable bonds is 4. The SMILES string of the molecule is CNCc1nc(-c2cccc(-c3ccncc3)c2C)no1. The summed E-state index contributed by atoms with van der Waals surface area (Å²) in [6.45, 7) is 2.63. The van der Waals surface area contributed by atoms with Gasteiger partial charge in [0.1, 0.15) is 0 Å². The highest BCUT2D eigenvalue weighted by atomic mass is 16.5. The minimum atomic E-state index is 0.566. The lowest BCUT2D eigenvalue weighted by Crippen LogP contribution is -2.04. The molecule has 0 aliphatic rings. The van der Waals surface area contributed by atoms with Gasteiger partial charge in [-0.1, -0.05) is 23.4 Å². The van der Waals surface area contributed by atoms with Gasteiger partial charge in [0.15, 0.2) is 0 Å². The van der Waals surface area contributed by atoms with Crippen LogP contribution in [0.4, 0.5) is 0 Å². The fourth-order valence-electron chi connectivity index (χ4n) is 2.31. The van der Waals surface area contributed by atoms with Crippen LogP contribution in [-0.4, -0.2) is 22.2 Å². The van der Waals surface area contributed by atoms with Gasteiger partial charge in [-0.3, -0.25) is 4.98 Å². The average molecular weight is 280 g/mol. The largest absolute Gasteiger partial charge is 0.338 e. The summed E-state index contributed by atoms with van der Waals surface area (Å²) in [6, 6.07) is 10.1. The normalized spacial score (nSPS) is 10.8. The van der Waals surface area contributed by atoms with Crippen molar-refractivity contribution in [3.63, 3.8) is 0 Å². The zero-order chi connectivity index (χ0) is 14.7. The van der Waals surface area contributed by atoms with Crippen molar-refractivity contribution in [1.29, 1.82) is 0 Å². The molecule has 21 heavy (non-hydrogen) atoms. The third kappa shape index (κ3) is 2.68. The molecule has 0 amide bonds. The van der Waals surface area contributed by atoms with Gasteiger partial charge >= 0.3 is 0 Å². The summed E-state index contributed by atoms with van der Waals surface area (Å²) in [7, 11) is 1.85. The smallest absolute Gasteiger partial charge is 0.240 e. The first-order valence-corrected chi connectivity index (χ1v) is 6.77. The van der Waals surface area contributed by atoms with Crippen molar-refractivity contribution in [3.05, 3.63) is 54.2 Å². The maximum atomic E-state index is 5.23. The predicted octanol–water partition coefficient (Wildman–Crippen LogP) is 2.83. The summed E-state index contributed by atoms with van der Waals surface area (Å²) in [5.41, 5.74) is 4.38. The molecule has 5 nitrogen and oxygen atoms in total. The van der Waals surface area contributed by atoms with E-state index in [0.29, 0.717) is 18.3 Å². The third-order valence-corrected chi connectivity index (χ3v) is 3.36. The fraction of sp³-hybridized carbons (Fsp3) is 0.188. The van der Waals surface area contributed by atoms with Gasteiger partial charge in [0.2, 0.25) is 11.7 Å². The van der Waals surface area contributed by atoms with E-state index in [9.17, 15) is 0 Å². The minimum absolute atomic E-state index is 0.566. The van der Waals surface area contributed by atoms with Crippen molar-refractivity contribution < 1.29 is 4.52 Å². The first-order valence-electron chi connectivity index (χ1n) is 6.77. The molecule has 0 radical (unpaired) electrons. The van der Waals surface area contributed by atoms with E-state index in [0.717, 1.165) is 22.3 Å². The molecule has 0 saturated carbocycles. The van der Waals surface area contributed by atoms with Crippen molar-refractivity contribution in [2.45, 2.75) is 13.5 Å². The number of nitrogens with one attached hydrogen (secondary N) is 1. The Kier molecular flexibility index (Phi) is 3.75. The lowest BCUT2D eigenvalue weighted by molar-refractivity contribution is 0.372. The maximum absolute atomic E-state index is 5.23. The zero-order valence-electron chi connectivity index (χ0n) is 12.0. The topological polar surface area (TPSA) is 63.8 Å². The van der Waals surface area contributed by atoms with Crippen LogP contribution in [-0.2, 0) is 6.54 Å². The highest BCUT2D eigenvalue weighted by Crippen LogP contribution is 2.29. The predicted molar refractivity (Wildman–Crippen MR) is 80.5 cm³/mol. The highest BCUT2D eigenvalue weighted by Gasteiger charge is 2.13. The van der Waals surface area contributed by atoms with E-state index >= 15 is 0 Å². The molecule has 3 aromatic rings. The Bertz CT molecular complexity index is 737. The second kappa shape index (κ2) is 5.85. The molecule has 1 N–H and O–H groups in total. The van der Waals surface area contributed by atoms with Crippen molar-refractivity contribution in [1.82, 2.24) is 20.4 Å². The standard InChI is InChI=1S/C16H16N4O/c1-11-13(12-6-8-18-9-7-12)4-3-5-14(11)16-19-15(10-17-2)21-20-16/h3-9,17H,10H2,1-2H3. The lowest BCUT2D eigenvalue weighted by Gasteiger charge is -2.08. The molecule has 0 unspecified atom stereocenters. The molecular formula is C16H16N4O. The Morgan fingerprint density at radius 1 is 1.10 bits per heavy atom. The quantitative estimate of drug-likeness (QED) is 0.796. The summed E-state index contributed by atoms with van der Waals surface area (Å²) >= 11 is 0. The molecule has 0 bridgehead atoms. The van der Waals surface area contributed by atoms with E-state index in [-0.39, 0.29) is 0 Å². The van der Waals surface area contributed by atoms with E-state index in [1.165, 1.54) is 0 Å². The Morgan fingerprint density at radius 3 is 2.62 bits per heavy atom. The molecule has 0 atom stereocenters. The monoisotopic (exact) mass is 280 g/mol. The summed E-state index contributed by atoms with van der Waals surface area (Å²) in [5.74, 6) is 1.20. The summed E-state index contributed by atoms with van der Waals surface area (Å²) < 4.78 is 5.23. The van der Waals surface area contributed by atoms with Crippen molar-refractivity contribution >= 4 is 0 Å². The van der Waals surface area contributed by atoms with Crippen LogP contribution in [0.5, 0.6) is 0 Å². The number of pyridine rings is 1. The van der Waals surface area contributed by atoms with Crippen LogP contribution in [0.15, 0.2) is 47.2 Å². The molecule has 2 heterocycles. The van der Waals surface area contributed by atoms with Crippen LogP contribution >= 0.6 is 0 Å². The van der Waals surface area contributed by atoms with Gasteiger partial charge in [-0.2, -0.15) is 4.98 Å². The lowest BCUT2D eigenvalue weighted by atomic mass is 9.97. The second-order valence-electron chi connectivity index (χ2n) is 4.76. The molecule has 0 saturated heterocycles. The molecule has 5 heteroatoms. The Balaban J connectivity index is 2.04. The van der Waals surface area contributed by atoms with Crippen LogP contribution < -0.4 is 5.32 Å². The van der Waals surface area contributed by atoms with Crippen molar-refractivity contribution in [3.8, 4) is 22.5 Å². The molecule has 3 rings (SSSR count). The molecule has 1 aromatic carbocycles. The number of hydrogen-bond acceptors (Lipinski definition) is 5. The van der Waals surface area contributed by atoms with Crippen LogP contribution in [0.25, 0.3) is 22.5 Å². The van der Waals surface area contributed by atoms with E-state index < -0.39 is 0 Å². The number of benzene rings is 1. The summed E-state index contributed by atoms with van der Waals surface area (Å²) in [6.07, 6.45) is 3.58. The molecular weight excluding hydrogens is 264 g/mol. The van der Waals surface area contributed by atoms with Crippen LogP contribution in [0.3, 0.4) is 0 Å². The third-order valence-electron chi connectivity index (χ3n) is 3.36. The van der Waals surface area contributed by atoms with Crippen LogP contribution in [0, 0.1) is 6.92 Å². The van der Waals surface area contributed by atoms with Crippen LogP contribution in [0.2, 0.25) is 0 Å². The van der Waals surface area contributed by atoms with Crippen LogP contribution in [0.1, 0.15) is 11.5 Å².